The zero-order chi connectivity index (χ0) is 23.9. The molecule has 0 fully saturated rings. The van der Waals surface area contributed by atoms with Gasteiger partial charge in [0.05, 0.1) is 5.56 Å². The highest BCUT2D eigenvalue weighted by Crippen LogP contribution is 2.44. The lowest BCUT2D eigenvalue weighted by molar-refractivity contribution is -0.138. The number of nitrogens with two attached hydrogens (primary N) is 1. The Balaban J connectivity index is 1.96. The topological polar surface area (TPSA) is 89.6 Å². The van der Waals surface area contributed by atoms with Crippen LogP contribution >= 0.6 is 0 Å². The van der Waals surface area contributed by atoms with E-state index in [9.17, 15) is 35.5 Å². The third kappa shape index (κ3) is 4.38. The minimum atomic E-state index is -4.87. The molecule has 1 aromatic heterocycles. The third-order valence-corrected chi connectivity index (χ3v) is 4.74. The van der Waals surface area contributed by atoms with E-state index in [2.05, 4.69) is 15.3 Å². The summed E-state index contributed by atoms with van der Waals surface area (Å²) in [6, 6.07) is 2.68. The highest BCUT2D eigenvalue weighted by atomic mass is 19.4. The summed E-state index contributed by atoms with van der Waals surface area (Å²) in [6.45, 7) is -0.581. The number of halogens is 7. The second-order valence-corrected chi connectivity index (χ2v) is 7.07. The average Bonchev–Trinajstić information content (AvgIpc) is 2.77. The Bertz CT molecular complexity index is 1090. The van der Waals surface area contributed by atoms with Crippen molar-refractivity contribution in [2.75, 3.05) is 18.5 Å². The number of hydrogen-bond acceptors (Lipinski definition) is 5. The number of ether oxygens (including phenoxy) is 1. The van der Waals surface area contributed by atoms with E-state index < -0.39 is 65.2 Å². The van der Waals surface area contributed by atoms with Crippen LogP contribution in [0.5, 0.6) is 0 Å². The van der Waals surface area contributed by atoms with Gasteiger partial charge in [-0.2, -0.15) is 13.2 Å². The Hall–Kier alpha value is -3.22. The van der Waals surface area contributed by atoms with Gasteiger partial charge in [0, 0.05) is 17.4 Å². The molecule has 1 unspecified atom stereocenters. The molecule has 1 aliphatic heterocycles. The Morgan fingerprint density at radius 1 is 1.19 bits per heavy atom. The van der Waals surface area contributed by atoms with E-state index in [-0.39, 0.29) is 23.8 Å². The van der Waals surface area contributed by atoms with Gasteiger partial charge in [-0.25, -0.2) is 22.5 Å². The fourth-order valence-corrected chi connectivity index (χ4v) is 3.01. The van der Waals surface area contributed by atoms with Crippen molar-refractivity contribution in [2.45, 2.75) is 24.6 Å². The first-order valence-corrected chi connectivity index (χ1v) is 8.88. The van der Waals surface area contributed by atoms with E-state index in [4.69, 9.17) is 10.5 Å². The van der Waals surface area contributed by atoms with Crippen LogP contribution in [0.1, 0.15) is 28.5 Å². The Morgan fingerprint density at radius 2 is 1.88 bits per heavy atom. The van der Waals surface area contributed by atoms with Crippen LogP contribution in [0.3, 0.4) is 0 Å². The number of amidine groups is 1. The number of carbonyl (C=O) groups is 1. The second kappa shape index (κ2) is 8.04. The maximum Gasteiger partial charge on any atom is 0.417 e. The molecule has 172 valence electrons. The predicted molar refractivity (Wildman–Crippen MR) is 98.3 cm³/mol. The summed E-state index contributed by atoms with van der Waals surface area (Å²) in [7, 11) is 0. The maximum atomic E-state index is 14.7. The monoisotopic (exact) mass is 464 g/mol. The number of aromatic nitrogens is 1. The molecule has 0 radical (unpaired) electrons. The van der Waals surface area contributed by atoms with Crippen molar-refractivity contribution < 1.29 is 40.3 Å². The standard InChI is InChI=1S/C19H15F7N4O2/c1-17(18(22,23)8-32-7-14(27)30-17)11-5-10(2-3-12(11)20)29-16(31)15-13(21)4-9(6-28-15)19(24,25)26/h2-6H,7-8H2,1H3,(H2,27,30)(H,29,31). The van der Waals surface area contributed by atoms with Crippen molar-refractivity contribution in [3.8, 4) is 0 Å². The SMILES string of the molecule is CC1(c2cc(NC(=O)c3ncc(C(F)(F)F)cc3F)ccc2F)N=C(N)COCC1(F)F. The number of pyridine rings is 1. The van der Waals surface area contributed by atoms with Crippen LogP contribution in [0.4, 0.5) is 36.4 Å². The molecule has 32 heavy (non-hydrogen) atoms. The number of amides is 1. The number of carbonyl (C=O) groups excluding carboxylic acids is 1. The summed E-state index contributed by atoms with van der Waals surface area (Å²) < 4.78 is 101. The lowest BCUT2D eigenvalue weighted by Crippen LogP contribution is -2.45. The quantitative estimate of drug-likeness (QED) is 0.675. The number of alkyl halides is 5. The van der Waals surface area contributed by atoms with Crippen molar-refractivity contribution >= 4 is 17.4 Å². The summed E-state index contributed by atoms with van der Waals surface area (Å²) in [6.07, 6.45) is -4.61. The molecule has 0 bridgehead atoms. The molecule has 0 saturated heterocycles. The first-order chi connectivity index (χ1) is 14.7. The largest absolute Gasteiger partial charge is 0.417 e. The molecule has 0 saturated carbocycles. The minimum Gasteiger partial charge on any atom is -0.385 e. The molecular formula is C19H15F7N4O2. The third-order valence-electron chi connectivity index (χ3n) is 4.74. The summed E-state index contributed by atoms with van der Waals surface area (Å²) in [4.78, 5) is 19.2. The first kappa shape index (κ1) is 23.4. The van der Waals surface area contributed by atoms with Crippen LogP contribution < -0.4 is 11.1 Å². The Kier molecular flexibility index (Phi) is 5.89. The van der Waals surface area contributed by atoms with E-state index in [1.807, 2.05) is 0 Å². The van der Waals surface area contributed by atoms with E-state index in [1.54, 1.807) is 0 Å². The lowest BCUT2D eigenvalue weighted by Gasteiger charge is -2.33. The molecule has 2 heterocycles. The van der Waals surface area contributed by atoms with Crippen molar-refractivity contribution in [3.63, 3.8) is 0 Å². The Morgan fingerprint density at radius 3 is 2.50 bits per heavy atom. The fraction of sp³-hybridized carbons (Fsp3) is 0.316. The zero-order valence-electron chi connectivity index (χ0n) is 16.2. The van der Waals surface area contributed by atoms with Crippen molar-refractivity contribution in [1.29, 1.82) is 0 Å². The number of anilines is 1. The molecule has 2 aromatic rings. The zero-order valence-corrected chi connectivity index (χ0v) is 16.2. The van der Waals surface area contributed by atoms with Crippen LogP contribution in [0.25, 0.3) is 0 Å². The number of nitrogens with zero attached hydrogens (tertiary/aromatic N) is 2. The van der Waals surface area contributed by atoms with Gasteiger partial charge in [-0.1, -0.05) is 0 Å². The number of rotatable bonds is 3. The van der Waals surface area contributed by atoms with Gasteiger partial charge in [0.15, 0.2) is 17.1 Å². The summed E-state index contributed by atoms with van der Waals surface area (Å²) in [5, 5.41) is 2.09. The molecule has 0 aliphatic carbocycles. The summed E-state index contributed by atoms with van der Waals surface area (Å²) >= 11 is 0. The summed E-state index contributed by atoms with van der Waals surface area (Å²) in [5.74, 6) is -7.94. The maximum absolute atomic E-state index is 14.7. The van der Waals surface area contributed by atoms with Crippen molar-refractivity contribution in [1.82, 2.24) is 4.98 Å². The number of benzene rings is 1. The van der Waals surface area contributed by atoms with Crippen molar-refractivity contribution in [3.05, 3.63) is 58.9 Å². The van der Waals surface area contributed by atoms with Crippen LogP contribution in [0, 0.1) is 11.6 Å². The second-order valence-electron chi connectivity index (χ2n) is 7.07. The molecule has 3 rings (SSSR count). The molecule has 1 aliphatic rings. The lowest BCUT2D eigenvalue weighted by atomic mass is 9.85. The van der Waals surface area contributed by atoms with Gasteiger partial charge < -0.3 is 15.8 Å². The van der Waals surface area contributed by atoms with E-state index in [0.29, 0.717) is 0 Å². The van der Waals surface area contributed by atoms with Crippen LogP contribution in [-0.4, -0.2) is 35.9 Å². The van der Waals surface area contributed by atoms with Gasteiger partial charge in [0.1, 0.15) is 24.9 Å². The van der Waals surface area contributed by atoms with Gasteiger partial charge in [-0.3, -0.25) is 9.79 Å². The molecule has 6 nitrogen and oxygen atoms in total. The average molecular weight is 464 g/mol. The van der Waals surface area contributed by atoms with Crippen LogP contribution in [0.2, 0.25) is 0 Å². The van der Waals surface area contributed by atoms with Gasteiger partial charge in [-0.05, 0) is 31.2 Å². The van der Waals surface area contributed by atoms with Gasteiger partial charge in [0.2, 0.25) is 0 Å². The molecule has 1 atom stereocenters. The normalized spacial score (nSPS) is 20.9. The molecule has 3 N–H and O–H groups in total. The summed E-state index contributed by atoms with van der Waals surface area (Å²) in [5.41, 5.74) is -0.252. The van der Waals surface area contributed by atoms with Gasteiger partial charge >= 0.3 is 6.18 Å². The van der Waals surface area contributed by atoms with Crippen LogP contribution in [-0.2, 0) is 16.5 Å². The first-order valence-electron chi connectivity index (χ1n) is 8.88. The minimum absolute atomic E-state index is 0.0859. The number of aliphatic imine (C=N–C) groups is 1. The predicted octanol–water partition coefficient (Wildman–Crippen LogP) is 3.87. The smallest absolute Gasteiger partial charge is 0.385 e. The molecule has 1 amide bonds. The highest BCUT2D eigenvalue weighted by Gasteiger charge is 2.54. The van der Waals surface area contributed by atoms with Crippen LogP contribution in [0.15, 0.2) is 35.5 Å². The van der Waals surface area contributed by atoms with E-state index >= 15 is 0 Å². The van der Waals surface area contributed by atoms with E-state index in [1.165, 1.54) is 0 Å². The van der Waals surface area contributed by atoms with E-state index in [0.717, 1.165) is 25.1 Å². The number of hydrogen-bond donors (Lipinski definition) is 2. The Labute approximate surface area is 176 Å². The molecule has 13 heteroatoms. The molecule has 1 aromatic carbocycles. The molecular weight excluding hydrogens is 449 g/mol. The highest BCUT2D eigenvalue weighted by molar-refractivity contribution is 6.03. The van der Waals surface area contributed by atoms with Gasteiger partial charge in [0.25, 0.3) is 11.8 Å². The van der Waals surface area contributed by atoms with Crippen molar-refractivity contribution in [2.24, 2.45) is 10.7 Å². The fourth-order valence-electron chi connectivity index (χ4n) is 3.01. The number of nitrogens with one attached hydrogen (secondary N) is 1. The van der Waals surface area contributed by atoms with Gasteiger partial charge in [-0.15, -0.1) is 0 Å². The molecule has 0 spiro atoms.